The molecular weight excluding hydrogens is 1270 g/mol. The number of fused-ring (bicyclic) bond motifs is 9. The molecule has 2 N–H and O–H groups in total. The second-order valence-corrected chi connectivity index (χ2v) is 29.9. The fourth-order valence-electron chi connectivity index (χ4n) is 16.3. The number of hydrogen-bond donors (Lipinski definition) is 1. The van der Waals surface area contributed by atoms with Crippen LogP contribution in [0.1, 0.15) is 97.2 Å². The Balaban J connectivity index is 0.000000154. The summed E-state index contributed by atoms with van der Waals surface area (Å²) in [5.41, 5.74) is 46.5. The van der Waals surface area contributed by atoms with E-state index in [-0.39, 0.29) is 16.2 Å². The monoisotopic (exact) mass is 1350 g/mol. The van der Waals surface area contributed by atoms with E-state index in [2.05, 4.69) is 387 Å². The number of rotatable bonds is 9. The van der Waals surface area contributed by atoms with Crippen LogP contribution in [-0.4, -0.2) is 0 Å². The number of aryl methyl sites for hydroxylation is 4. The van der Waals surface area contributed by atoms with E-state index < -0.39 is 0 Å². The molecule has 14 aromatic carbocycles. The third-order valence-corrected chi connectivity index (χ3v) is 22.1. The second kappa shape index (κ2) is 26.1. The summed E-state index contributed by atoms with van der Waals surface area (Å²) in [4.78, 5) is 2.53. The van der Waals surface area contributed by atoms with Gasteiger partial charge in [0.2, 0.25) is 0 Å². The maximum Gasteiger partial charge on any atom is 0.0540 e. The number of anilines is 4. The Morgan fingerprint density at radius 1 is 0.250 bits per heavy atom. The largest absolute Gasteiger partial charge is 0.398 e. The highest BCUT2D eigenvalue weighted by molar-refractivity contribution is 9.10. The fourth-order valence-corrected chi connectivity index (χ4v) is 16.6. The first kappa shape index (κ1) is 65.1. The summed E-state index contributed by atoms with van der Waals surface area (Å²) in [7, 11) is 0. The van der Waals surface area contributed by atoms with Crippen LogP contribution >= 0.6 is 15.9 Å². The first-order valence-electron chi connectivity index (χ1n) is 35.0. The molecule has 3 aliphatic rings. The minimum atomic E-state index is -0.125. The molecule has 0 saturated carbocycles. The molecule has 0 fully saturated rings. The first-order valence-corrected chi connectivity index (χ1v) is 35.8. The number of nitrogens with two attached hydrogens (primary N) is 1. The zero-order valence-electron chi connectivity index (χ0n) is 58.8. The normalized spacial score (nSPS) is 13.4. The lowest BCUT2D eigenvalue weighted by atomic mass is 9.82. The van der Waals surface area contributed by atoms with Crippen LogP contribution in [0.25, 0.3) is 100 Å². The fraction of sp³-hybridized carbons (Fsp3) is 0.134. The highest BCUT2D eigenvalue weighted by Crippen LogP contribution is 2.55. The lowest BCUT2D eigenvalue weighted by molar-refractivity contribution is 0.660. The predicted octanol–water partition coefficient (Wildman–Crippen LogP) is 27.0. The van der Waals surface area contributed by atoms with Gasteiger partial charge in [0.05, 0.1) is 5.69 Å². The average Bonchev–Trinajstić information content (AvgIpc) is 1.56. The summed E-state index contributed by atoms with van der Waals surface area (Å²) >= 11 is 3.56. The number of halogens is 1. The number of hydrogen-bond acceptors (Lipinski definition) is 2. The minimum absolute atomic E-state index is 0.121. The van der Waals surface area contributed by atoms with Crippen LogP contribution < -0.4 is 10.6 Å². The Labute approximate surface area is 600 Å². The average molecular weight is 1360 g/mol. The molecule has 0 bridgehead atoms. The molecule has 3 aliphatic carbocycles. The molecule has 17 rings (SSSR count). The Morgan fingerprint density at radius 2 is 0.560 bits per heavy atom. The molecular formula is C97H83BrN2. The molecule has 2 nitrogen and oxygen atoms in total. The van der Waals surface area contributed by atoms with Crippen LogP contribution in [0.3, 0.4) is 0 Å². The Kier molecular flexibility index (Phi) is 17.0. The molecule has 100 heavy (non-hydrogen) atoms. The Bertz CT molecular complexity index is 5290. The summed E-state index contributed by atoms with van der Waals surface area (Å²) < 4.78 is 1.16. The molecule has 0 heterocycles. The first-order chi connectivity index (χ1) is 48.3. The minimum Gasteiger partial charge on any atom is -0.398 e. The van der Waals surface area contributed by atoms with Crippen LogP contribution in [-0.2, 0) is 16.2 Å². The van der Waals surface area contributed by atoms with Crippen molar-refractivity contribution in [3.05, 3.63) is 369 Å². The van der Waals surface area contributed by atoms with Crippen molar-refractivity contribution in [1.29, 1.82) is 0 Å². The zero-order valence-corrected chi connectivity index (χ0v) is 60.4. The third-order valence-electron chi connectivity index (χ3n) is 21.6. The van der Waals surface area contributed by atoms with Gasteiger partial charge in [0.25, 0.3) is 0 Å². The highest BCUT2D eigenvalue weighted by atomic mass is 79.9. The molecule has 0 amide bonds. The van der Waals surface area contributed by atoms with Crippen LogP contribution in [0.5, 0.6) is 0 Å². The summed E-state index contributed by atoms with van der Waals surface area (Å²) in [5.74, 6) is 0. The van der Waals surface area contributed by atoms with Gasteiger partial charge in [0.15, 0.2) is 0 Å². The lowest BCUT2D eigenvalue weighted by Gasteiger charge is -2.32. The topological polar surface area (TPSA) is 29.3 Å². The van der Waals surface area contributed by atoms with E-state index in [1.807, 2.05) is 12.1 Å². The van der Waals surface area contributed by atoms with Crippen molar-refractivity contribution in [3.8, 4) is 100 Å². The van der Waals surface area contributed by atoms with Gasteiger partial charge in [-0.3, -0.25) is 0 Å². The summed E-state index contributed by atoms with van der Waals surface area (Å²) in [6, 6.07) is 113. The number of nitrogens with zero attached hydrogens (tertiary/aromatic N) is 1. The van der Waals surface area contributed by atoms with Crippen molar-refractivity contribution in [3.63, 3.8) is 0 Å². The maximum absolute atomic E-state index is 6.34. The van der Waals surface area contributed by atoms with Crippen LogP contribution in [0, 0.1) is 27.7 Å². The van der Waals surface area contributed by atoms with Crippen molar-refractivity contribution in [2.24, 2.45) is 0 Å². The molecule has 488 valence electrons. The zero-order chi connectivity index (χ0) is 69.2. The molecule has 0 saturated heterocycles. The van der Waals surface area contributed by atoms with Gasteiger partial charge >= 0.3 is 0 Å². The highest BCUT2D eigenvalue weighted by Gasteiger charge is 2.39. The smallest absolute Gasteiger partial charge is 0.0540 e. The van der Waals surface area contributed by atoms with Crippen molar-refractivity contribution >= 4 is 38.7 Å². The SMILES string of the molecule is CC1(C)c2ccccc2-c2ccc(Br)cc21.Cc1cccc(C)c1-c1cc(-c2ccc(-c3ccccc3)cc2)ccc1N.Cc1cccc(C)c1-c1cc(-c2ccc(-c3ccccc3)cc2)ccc1N(c1ccc2c(c1)C(C)(C)c1ccccc1-2)c1ccc2c(c1)C(C)(C)c1ccccc1-2. The molecule has 0 spiro atoms. The second-order valence-electron chi connectivity index (χ2n) is 29.0. The number of benzene rings is 14. The third kappa shape index (κ3) is 11.7. The number of nitrogen functional groups attached to an aromatic ring is 1. The summed E-state index contributed by atoms with van der Waals surface area (Å²) in [6.07, 6.45) is 0. The van der Waals surface area contributed by atoms with E-state index >= 15 is 0 Å². The van der Waals surface area contributed by atoms with Gasteiger partial charge in [-0.15, -0.1) is 0 Å². The van der Waals surface area contributed by atoms with Crippen molar-refractivity contribution in [2.75, 3.05) is 10.6 Å². The van der Waals surface area contributed by atoms with E-state index in [1.165, 1.54) is 156 Å². The van der Waals surface area contributed by atoms with Gasteiger partial charge in [0.1, 0.15) is 0 Å². The quantitative estimate of drug-likeness (QED) is 0.146. The van der Waals surface area contributed by atoms with Gasteiger partial charge in [0, 0.05) is 48.9 Å². The van der Waals surface area contributed by atoms with E-state index in [1.54, 1.807) is 0 Å². The van der Waals surface area contributed by atoms with Crippen LogP contribution in [0.15, 0.2) is 314 Å². The molecule has 0 radical (unpaired) electrons. The molecule has 3 heteroatoms. The van der Waals surface area contributed by atoms with Gasteiger partial charge in [-0.05, 0) is 233 Å². The van der Waals surface area contributed by atoms with Gasteiger partial charge in [-0.25, -0.2) is 0 Å². The van der Waals surface area contributed by atoms with E-state index in [0.717, 1.165) is 27.1 Å². The molecule has 0 unspecified atom stereocenters. The van der Waals surface area contributed by atoms with Gasteiger partial charge in [-0.2, -0.15) is 0 Å². The predicted molar refractivity (Wildman–Crippen MR) is 430 cm³/mol. The Hall–Kier alpha value is -10.8. The van der Waals surface area contributed by atoms with E-state index in [0.29, 0.717) is 0 Å². The Morgan fingerprint density at radius 3 is 0.980 bits per heavy atom. The van der Waals surface area contributed by atoms with Crippen molar-refractivity contribution in [2.45, 2.75) is 85.5 Å². The van der Waals surface area contributed by atoms with Gasteiger partial charge < -0.3 is 10.6 Å². The van der Waals surface area contributed by atoms with Crippen LogP contribution in [0.2, 0.25) is 0 Å². The maximum atomic E-state index is 6.34. The summed E-state index contributed by atoms with van der Waals surface area (Å²) in [5, 5.41) is 0. The summed E-state index contributed by atoms with van der Waals surface area (Å²) in [6.45, 7) is 22.9. The van der Waals surface area contributed by atoms with Crippen molar-refractivity contribution in [1.82, 2.24) is 0 Å². The van der Waals surface area contributed by atoms with Crippen LogP contribution in [0.4, 0.5) is 22.7 Å². The standard InChI is InChI=1S/C56H47N.C26H23N.C15H13Br/c1-36-15-14-16-37(2)54(36)48-33-41(40-25-23-39(24-26-40)38-17-8-7-9-18-38)27-32-53(48)57(42-28-30-46-44-19-10-12-21-49(44)55(3,4)51(46)34-42)43-29-31-47-45-20-11-13-22-50(45)56(5,6)52(47)35-43;1-18-7-6-8-19(2)26(18)24-17-23(15-16-25(24)27)22-13-11-21(12-14-22)20-9-4-3-5-10-20;1-15(2)13-6-4-3-5-11(13)12-8-7-10(16)9-14(12)15/h7-35H,1-6H3;3-17H,27H2,1-2H3;3-9H,1-2H3. The lowest BCUT2D eigenvalue weighted by Crippen LogP contribution is -2.18. The van der Waals surface area contributed by atoms with E-state index in [9.17, 15) is 0 Å². The van der Waals surface area contributed by atoms with E-state index in [4.69, 9.17) is 5.73 Å². The van der Waals surface area contributed by atoms with Crippen molar-refractivity contribution < 1.29 is 0 Å². The van der Waals surface area contributed by atoms with Gasteiger partial charge in [-0.1, -0.05) is 306 Å². The molecule has 0 aromatic heterocycles. The molecule has 14 aromatic rings. The molecule has 0 atom stereocenters. The molecule has 0 aliphatic heterocycles.